The van der Waals surface area contributed by atoms with Crippen molar-refractivity contribution in [3.8, 4) is 5.75 Å². The number of carbonyl (C=O) groups excluding carboxylic acids is 1. The maximum atomic E-state index is 11.8. The van der Waals surface area contributed by atoms with Crippen LogP contribution in [0.25, 0.3) is 0 Å². The van der Waals surface area contributed by atoms with Crippen LogP contribution in [-0.2, 0) is 11.3 Å². The molecule has 2 aromatic rings. The van der Waals surface area contributed by atoms with Gasteiger partial charge in [-0.3, -0.25) is 4.79 Å². The summed E-state index contributed by atoms with van der Waals surface area (Å²) in [5.74, 6) is 2.02. The zero-order chi connectivity index (χ0) is 16.1. The van der Waals surface area contributed by atoms with E-state index in [0.717, 1.165) is 28.3 Å². The fourth-order valence-corrected chi connectivity index (χ4v) is 2.16. The number of hydrogen-bond donors (Lipinski definition) is 1. The molecule has 5 heteroatoms. The topological polar surface area (TPSA) is 64.4 Å². The Labute approximate surface area is 130 Å². The second-order valence-corrected chi connectivity index (χ2v) is 5.45. The number of benzene rings is 1. The number of oxazole rings is 1. The first-order valence-electron chi connectivity index (χ1n) is 7.35. The van der Waals surface area contributed by atoms with Crippen molar-refractivity contribution in [2.75, 3.05) is 6.61 Å². The lowest BCUT2D eigenvalue weighted by Gasteiger charge is -2.08. The molecule has 1 aromatic carbocycles. The monoisotopic (exact) mass is 302 g/mol. The maximum Gasteiger partial charge on any atom is 0.223 e. The SMILES string of the molecule is Cc1cc(C)cc(OCCC(=O)NCc2nc(C)c(C)o2)c1. The maximum absolute atomic E-state index is 11.8. The predicted molar refractivity (Wildman–Crippen MR) is 83.9 cm³/mol. The molecule has 0 spiro atoms. The van der Waals surface area contributed by atoms with Crippen LogP contribution >= 0.6 is 0 Å². The van der Waals surface area contributed by atoms with Crippen molar-refractivity contribution in [3.05, 3.63) is 46.7 Å². The number of hydrogen-bond acceptors (Lipinski definition) is 4. The van der Waals surface area contributed by atoms with Gasteiger partial charge in [0.25, 0.3) is 0 Å². The van der Waals surface area contributed by atoms with Crippen molar-refractivity contribution in [3.63, 3.8) is 0 Å². The molecule has 0 unspecified atom stereocenters. The van der Waals surface area contributed by atoms with Crippen molar-refractivity contribution in [2.45, 2.75) is 40.7 Å². The van der Waals surface area contributed by atoms with E-state index in [9.17, 15) is 4.79 Å². The minimum absolute atomic E-state index is 0.0853. The smallest absolute Gasteiger partial charge is 0.223 e. The van der Waals surface area contributed by atoms with Gasteiger partial charge in [0.2, 0.25) is 11.8 Å². The average molecular weight is 302 g/mol. The summed E-state index contributed by atoms with van der Waals surface area (Å²) in [6.07, 6.45) is 0.297. The first kappa shape index (κ1) is 16.1. The van der Waals surface area contributed by atoms with Crippen LogP contribution in [0.15, 0.2) is 22.6 Å². The molecule has 1 heterocycles. The quantitative estimate of drug-likeness (QED) is 0.891. The molecule has 5 nitrogen and oxygen atoms in total. The lowest BCUT2D eigenvalue weighted by Crippen LogP contribution is -2.24. The van der Waals surface area contributed by atoms with E-state index in [4.69, 9.17) is 9.15 Å². The normalized spacial score (nSPS) is 10.5. The number of nitrogens with one attached hydrogen (secondary N) is 1. The third-order valence-corrected chi connectivity index (χ3v) is 3.30. The molecule has 22 heavy (non-hydrogen) atoms. The molecule has 1 aromatic heterocycles. The van der Waals surface area contributed by atoms with Crippen LogP contribution in [0.2, 0.25) is 0 Å². The van der Waals surface area contributed by atoms with Crippen molar-refractivity contribution in [1.82, 2.24) is 10.3 Å². The average Bonchev–Trinajstić information content (AvgIpc) is 2.74. The molecule has 0 aliphatic carbocycles. The molecule has 0 radical (unpaired) electrons. The molecule has 0 bridgehead atoms. The summed E-state index contributed by atoms with van der Waals surface area (Å²) in [4.78, 5) is 16.0. The lowest BCUT2D eigenvalue weighted by atomic mass is 10.1. The van der Waals surface area contributed by atoms with Crippen LogP contribution in [0.4, 0.5) is 0 Å². The summed E-state index contributed by atoms with van der Waals surface area (Å²) >= 11 is 0. The van der Waals surface area contributed by atoms with Gasteiger partial charge in [-0.2, -0.15) is 0 Å². The fourth-order valence-electron chi connectivity index (χ4n) is 2.16. The highest BCUT2D eigenvalue weighted by molar-refractivity contribution is 5.75. The van der Waals surface area contributed by atoms with Gasteiger partial charge < -0.3 is 14.5 Å². The Morgan fingerprint density at radius 2 is 1.86 bits per heavy atom. The number of ether oxygens (including phenoxy) is 1. The van der Waals surface area contributed by atoms with Crippen LogP contribution < -0.4 is 10.1 Å². The summed E-state index contributed by atoms with van der Waals surface area (Å²) in [7, 11) is 0. The Morgan fingerprint density at radius 3 is 2.45 bits per heavy atom. The Hall–Kier alpha value is -2.30. The van der Waals surface area contributed by atoms with Gasteiger partial charge in [0.1, 0.15) is 11.5 Å². The summed E-state index contributed by atoms with van der Waals surface area (Å²) in [6, 6.07) is 6.01. The van der Waals surface area contributed by atoms with Gasteiger partial charge in [0.15, 0.2) is 0 Å². The molecule has 0 saturated carbocycles. The third-order valence-electron chi connectivity index (χ3n) is 3.30. The van der Waals surface area contributed by atoms with Crippen molar-refractivity contribution < 1.29 is 13.9 Å². The van der Waals surface area contributed by atoms with E-state index >= 15 is 0 Å². The molecule has 0 aliphatic rings. The molecule has 0 aliphatic heterocycles. The van der Waals surface area contributed by atoms with E-state index in [0.29, 0.717) is 25.5 Å². The van der Waals surface area contributed by atoms with E-state index < -0.39 is 0 Å². The van der Waals surface area contributed by atoms with Gasteiger partial charge in [-0.05, 0) is 51.0 Å². The minimum atomic E-state index is -0.0853. The molecule has 1 amide bonds. The molecule has 0 atom stereocenters. The lowest BCUT2D eigenvalue weighted by molar-refractivity contribution is -0.121. The van der Waals surface area contributed by atoms with Crippen LogP contribution in [0.1, 0.15) is 34.9 Å². The first-order chi connectivity index (χ1) is 10.4. The van der Waals surface area contributed by atoms with Crippen molar-refractivity contribution >= 4 is 5.91 Å². The highest BCUT2D eigenvalue weighted by atomic mass is 16.5. The van der Waals surface area contributed by atoms with E-state index in [1.54, 1.807) is 0 Å². The molecule has 118 valence electrons. The van der Waals surface area contributed by atoms with Gasteiger partial charge in [-0.1, -0.05) is 6.07 Å². The van der Waals surface area contributed by atoms with Crippen LogP contribution in [0.5, 0.6) is 5.75 Å². The largest absolute Gasteiger partial charge is 0.493 e. The van der Waals surface area contributed by atoms with Gasteiger partial charge in [-0.15, -0.1) is 0 Å². The van der Waals surface area contributed by atoms with E-state index in [-0.39, 0.29) is 5.91 Å². The van der Waals surface area contributed by atoms with Crippen LogP contribution in [-0.4, -0.2) is 17.5 Å². The first-order valence-corrected chi connectivity index (χ1v) is 7.35. The second-order valence-electron chi connectivity index (χ2n) is 5.45. The molecule has 1 N–H and O–H groups in total. The zero-order valence-electron chi connectivity index (χ0n) is 13.5. The van der Waals surface area contributed by atoms with Crippen molar-refractivity contribution in [1.29, 1.82) is 0 Å². The molecule has 0 fully saturated rings. The number of nitrogens with zero attached hydrogens (tertiary/aromatic N) is 1. The van der Waals surface area contributed by atoms with Gasteiger partial charge in [0, 0.05) is 0 Å². The van der Waals surface area contributed by atoms with E-state index in [1.807, 2.05) is 39.8 Å². The standard InChI is InChI=1S/C17H22N2O3/c1-11-7-12(2)9-15(8-11)21-6-5-16(20)18-10-17-19-13(3)14(4)22-17/h7-9H,5-6,10H2,1-4H3,(H,18,20). The minimum Gasteiger partial charge on any atom is -0.493 e. The number of amides is 1. The third kappa shape index (κ3) is 4.62. The molecular weight excluding hydrogens is 280 g/mol. The number of carbonyl (C=O) groups is 1. The van der Waals surface area contributed by atoms with E-state index in [2.05, 4.69) is 16.4 Å². The molecule has 0 saturated heterocycles. The van der Waals surface area contributed by atoms with Crippen LogP contribution in [0, 0.1) is 27.7 Å². The van der Waals surface area contributed by atoms with Gasteiger partial charge in [0.05, 0.1) is 25.3 Å². The highest BCUT2D eigenvalue weighted by Crippen LogP contribution is 2.16. The Balaban J connectivity index is 1.73. The highest BCUT2D eigenvalue weighted by Gasteiger charge is 2.08. The molecular formula is C17H22N2O3. The summed E-state index contributed by atoms with van der Waals surface area (Å²) in [6.45, 7) is 8.42. The Bertz CT molecular complexity index is 622. The number of rotatable bonds is 6. The van der Waals surface area contributed by atoms with E-state index in [1.165, 1.54) is 0 Å². The van der Waals surface area contributed by atoms with Crippen LogP contribution in [0.3, 0.4) is 0 Å². The Kier molecular flexibility index (Phi) is 5.20. The predicted octanol–water partition coefficient (Wildman–Crippen LogP) is 2.99. The van der Waals surface area contributed by atoms with Crippen molar-refractivity contribution in [2.24, 2.45) is 0 Å². The fraction of sp³-hybridized carbons (Fsp3) is 0.412. The summed E-state index contributed by atoms with van der Waals surface area (Å²) < 4.78 is 11.0. The zero-order valence-corrected chi connectivity index (χ0v) is 13.5. The van der Waals surface area contributed by atoms with Gasteiger partial charge in [-0.25, -0.2) is 4.98 Å². The van der Waals surface area contributed by atoms with Gasteiger partial charge >= 0.3 is 0 Å². The number of aryl methyl sites for hydroxylation is 4. The number of aromatic nitrogens is 1. The summed E-state index contributed by atoms with van der Waals surface area (Å²) in [5, 5.41) is 2.77. The second kappa shape index (κ2) is 7.11. The molecule has 2 rings (SSSR count). The Morgan fingerprint density at radius 1 is 1.18 bits per heavy atom. The summed E-state index contributed by atoms with van der Waals surface area (Å²) in [5.41, 5.74) is 3.14.